The van der Waals surface area contributed by atoms with E-state index in [1.165, 1.54) is 11.8 Å². The van der Waals surface area contributed by atoms with Crippen LogP contribution in [0.2, 0.25) is 0 Å². The van der Waals surface area contributed by atoms with Gasteiger partial charge in [-0.25, -0.2) is 0 Å². The molecule has 4 nitrogen and oxygen atoms in total. The fourth-order valence-electron chi connectivity index (χ4n) is 1.44. The van der Waals surface area contributed by atoms with Gasteiger partial charge in [0.05, 0.1) is 11.7 Å². The first-order valence-corrected chi connectivity index (χ1v) is 7.50. The molecule has 1 aromatic carbocycles. The molecule has 0 radical (unpaired) electrons. The van der Waals surface area contributed by atoms with Crippen LogP contribution in [0.5, 0.6) is 0 Å². The summed E-state index contributed by atoms with van der Waals surface area (Å²) in [6, 6.07) is 7.33. The number of halogens is 1. The highest BCUT2D eigenvalue weighted by Gasteiger charge is 2.17. The zero-order chi connectivity index (χ0) is 14.4. The van der Waals surface area contributed by atoms with Crippen LogP contribution in [-0.4, -0.2) is 28.3 Å². The third-order valence-corrected chi connectivity index (χ3v) is 4.01. The van der Waals surface area contributed by atoms with Crippen LogP contribution >= 0.6 is 27.7 Å². The summed E-state index contributed by atoms with van der Waals surface area (Å²) in [5, 5.41) is 11.1. The maximum Gasteiger partial charge on any atom is 0.305 e. The smallest absolute Gasteiger partial charge is 0.305 e. The molecule has 0 aliphatic heterocycles. The molecule has 19 heavy (non-hydrogen) atoms. The molecule has 104 valence electrons. The lowest BCUT2D eigenvalue weighted by atomic mass is 10.2. The Morgan fingerprint density at radius 2 is 1.89 bits per heavy atom. The molecular formula is C13H16BrNO3S. The molecule has 0 saturated carbocycles. The van der Waals surface area contributed by atoms with Crippen LogP contribution in [0.3, 0.4) is 0 Å². The monoisotopic (exact) mass is 345 g/mol. The first-order valence-electron chi connectivity index (χ1n) is 5.83. The molecule has 0 heterocycles. The number of carboxylic acid groups (broad SMARTS) is 1. The maximum atomic E-state index is 11.9. The fraction of sp³-hybridized carbons (Fsp3) is 0.385. The van der Waals surface area contributed by atoms with Crippen molar-refractivity contribution in [1.29, 1.82) is 0 Å². The van der Waals surface area contributed by atoms with Crippen LogP contribution in [0.15, 0.2) is 33.6 Å². The van der Waals surface area contributed by atoms with Crippen molar-refractivity contribution in [3.63, 3.8) is 0 Å². The standard InChI is InChI=1S/C13H16BrNO3S/c1-8(7-12(16)17)15-13(18)9(2)19-11-5-3-10(14)4-6-11/h3-6,8-9H,7H2,1-2H3,(H,15,18)(H,16,17). The molecule has 0 aromatic heterocycles. The zero-order valence-corrected chi connectivity index (χ0v) is 13.1. The lowest BCUT2D eigenvalue weighted by Crippen LogP contribution is -2.38. The summed E-state index contributed by atoms with van der Waals surface area (Å²) in [4.78, 5) is 23.4. The van der Waals surface area contributed by atoms with Crippen LogP contribution in [0.1, 0.15) is 20.3 Å². The quantitative estimate of drug-likeness (QED) is 0.778. The lowest BCUT2D eigenvalue weighted by Gasteiger charge is -2.16. The van der Waals surface area contributed by atoms with Gasteiger partial charge in [0.2, 0.25) is 5.91 Å². The molecule has 2 N–H and O–H groups in total. The number of benzene rings is 1. The van der Waals surface area contributed by atoms with Gasteiger partial charge in [-0.3, -0.25) is 9.59 Å². The van der Waals surface area contributed by atoms with Gasteiger partial charge >= 0.3 is 5.97 Å². The number of thioether (sulfide) groups is 1. The Morgan fingerprint density at radius 3 is 2.42 bits per heavy atom. The van der Waals surface area contributed by atoms with Gasteiger partial charge in [-0.15, -0.1) is 11.8 Å². The van der Waals surface area contributed by atoms with Crippen molar-refractivity contribution in [1.82, 2.24) is 5.32 Å². The predicted octanol–water partition coefficient (Wildman–Crippen LogP) is 2.91. The van der Waals surface area contributed by atoms with Gasteiger partial charge in [0.25, 0.3) is 0 Å². The summed E-state index contributed by atoms with van der Waals surface area (Å²) < 4.78 is 0.990. The van der Waals surface area contributed by atoms with Gasteiger partial charge in [-0.1, -0.05) is 15.9 Å². The van der Waals surface area contributed by atoms with E-state index < -0.39 is 5.97 Å². The normalized spacial score (nSPS) is 13.6. The van der Waals surface area contributed by atoms with Crippen molar-refractivity contribution in [2.24, 2.45) is 0 Å². The Balaban J connectivity index is 2.48. The third-order valence-electron chi connectivity index (χ3n) is 2.37. The number of carbonyl (C=O) groups excluding carboxylic acids is 1. The van der Waals surface area contributed by atoms with Gasteiger partial charge in [0.1, 0.15) is 0 Å². The van der Waals surface area contributed by atoms with Gasteiger partial charge in [-0.05, 0) is 38.1 Å². The molecule has 0 aliphatic carbocycles. The summed E-state index contributed by atoms with van der Waals surface area (Å²) in [5.74, 6) is -1.07. The van der Waals surface area contributed by atoms with E-state index in [0.29, 0.717) is 0 Å². The topological polar surface area (TPSA) is 66.4 Å². The van der Waals surface area contributed by atoms with E-state index >= 15 is 0 Å². The molecule has 0 fully saturated rings. The number of nitrogens with one attached hydrogen (secondary N) is 1. The van der Waals surface area contributed by atoms with E-state index in [9.17, 15) is 9.59 Å². The number of rotatable bonds is 6. The largest absolute Gasteiger partial charge is 0.481 e. The zero-order valence-electron chi connectivity index (χ0n) is 10.7. The molecule has 1 aromatic rings. The van der Waals surface area contributed by atoms with Crippen molar-refractivity contribution in [2.45, 2.75) is 36.5 Å². The Labute approximate surface area is 125 Å². The average Bonchev–Trinajstić information content (AvgIpc) is 2.30. The second-order valence-electron chi connectivity index (χ2n) is 4.22. The van der Waals surface area contributed by atoms with E-state index in [-0.39, 0.29) is 23.6 Å². The molecule has 6 heteroatoms. The number of aliphatic carboxylic acids is 1. The van der Waals surface area contributed by atoms with Crippen LogP contribution in [-0.2, 0) is 9.59 Å². The second kappa shape index (κ2) is 7.55. The van der Waals surface area contributed by atoms with Crippen molar-refractivity contribution in [2.75, 3.05) is 0 Å². The van der Waals surface area contributed by atoms with E-state index in [2.05, 4.69) is 21.2 Å². The summed E-state index contributed by atoms with van der Waals surface area (Å²) in [6.07, 6.45) is -0.0680. The van der Waals surface area contributed by atoms with Crippen LogP contribution in [0.4, 0.5) is 0 Å². The second-order valence-corrected chi connectivity index (χ2v) is 6.55. The van der Waals surface area contributed by atoms with E-state index in [0.717, 1.165) is 9.37 Å². The fourth-order valence-corrected chi connectivity index (χ4v) is 2.58. The molecule has 0 aliphatic rings. The Bertz CT molecular complexity index is 450. The van der Waals surface area contributed by atoms with E-state index in [4.69, 9.17) is 5.11 Å². The third kappa shape index (κ3) is 6.11. The molecule has 1 amide bonds. The number of hydrogen-bond acceptors (Lipinski definition) is 3. The summed E-state index contributed by atoms with van der Waals surface area (Å²) in [6.45, 7) is 3.48. The van der Waals surface area contributed by atoms with E-state index in [1.54, 1.807) is 13.8 Å². The average molecular weight is 346 g/mol. The van der Waals surface area contributed by atoms with Gasteiger partial charge in [0, 0.05) is 15.4 Å². The lowest BCUT2D eigenvalue weighted by molar-refractivity contribution is -0.137. The minimum absolute atomic E-state index is 0.0680. The molecule has 1 rings (SSSR count). The maximum absolute atomic E-state index is 11.9. The predicted molar refractivity (Wildman–Crippen MR) is 79.3 cm³/mol. The van der Waals surface area contributed by atoms with Crippen molar-refractivity contribution >= 4 is 39.6 Å². The molecule has 0 bridgehead atoms. The molecule has 0 spiro atoms. The Morgan fingerprint density at radius 1 is 1.32 bits per heavy atom. The number of carbonyl (C=O) groups is 2. The highest BCUT2D eigenvalue weighted by atomic mass is 79.9. The van der Waals surface area contributed by atoms with Crippen LogP contribution in [0, 0.1) is 0 Å². The minimum atomic E-state index is -0.916. The van der Waals surface area contributed by atoms with Crippen molar-refractivity contribution < 1.29 is 14.7 Å². The van der Waals surface area contributed by atoms with Crippen molar-refractivity contribution in [3.05, 3.63) is 28.7 Å². The van der Waals surface area contributed by atoms with Crippen LogP contribution in [0.25, 0.3) is 0 Å². The molecule has 2 unspecified atom stereocenters. The first-order chi connectivity index (χ1) is 8.88. The van der Waals surface area contributed by atoms with Gasteiger partial charge < -0.3 is 10.4 Å². The first kappa shape index (κ1) is 16.0. The Kier molecular flexibility index (Phi) is 6.37. The van der Waals surface area contributed by atoms with Crippen molar-refractivity contribution in [3.8, 4) is 0 Å². The SMILES string of the molecule is CC(CC(=O)O)NC(=O)C(C)Sc1ccc(Br)cc1. The highest BCUT2D eigenvalue weighted by molar-refractivity contribution is 9.10. The van der Waals surface area contributed by atoms with Gasteiger partial charge in [0.15, 0.2) is 0 Å². The van der Waals surface area contributed by atoms with Crippen LogP contribution < -0.4 is 5.32 Å². The number of hydrogen-bond donors (Lipinski definition) is 2. The summed E-state index contributed by atoms with van der Waals surface area (Å²) >= 11 is 4.79. The molecule has 2 atom stereocenters. The molecule has 0 saturated heterocycles. The Hall–Kier alpha value is -1.01. The number of carboxylic acids is 1. The van der Waals surface area contributed by atoms with E-state index in [1.807, 2.05) is 24.3 Å². The minimum Gasteiger partial charge on any atom is -0.481 e. The highest BCUT2D eigenvalue weighted by Crippen LogP contribution is 2.24. The molecular weight excluding hydrogens is 330 g/mol. The summed E-state index contributed by atoms with van der Waals surface area (Å²) in [7, 11) is 0. The number of amides is 1. The van der Waals surface area contributed by atoms with Gasteiger partial charge in [-0.2, -0.15) is 0 Å². The summed E-state index contributed by atoms with van der Waals surface area (Å²) in [5.41, 5.74) is 0.